The normalized spacial score (nSPS) is 21.8. The number of halogens is 1. The smallest absolute Gasteiger partial charge is 0.161 e. The number of hydrogen-bond donors (Lipinski definition) is 0. The Labute approximate surface area is 134 Å². The maximum absolute atomic E-state index is 13.2. The molecule has 1 atom stereocenters. The van der Waals surface area contributed by atoms with E-state index in [9.17, 15) is 4.79 Å². The number of carbonyl (C=O) groups is 1. The molecule has 21 heavy (non-hydrogen) atoms. The van der Waals surface area contributed by atoms with Crippen LogP contribution >= 0.6 is 15.9 Å². The second-order valence-electron chi connectivity index (χ2n) is 5.71. The molecule has 2 aromatic rings. The summed E-state index contributed by atoms with van der Waals surface area (Å²) < 4.78 is 0. The summed E-state index contributed by atoms with van der Waals surface area (Å²) in [6.45, 7) is 0. The summed E-state index contributed by atoms with van der Waals surface area (Å²) in [6, 6.07) is 20.5. The highest BCUT2D eigenvalue weighted by molar-refractivity contribution is 9.10. The molecule has 0 radical (unpaired) electrons. The van der Waals surface area contributed by atoms with Crippen LogP contribution in [-0.2, 0) is 10.2 Å². The van der Waals surface area contributed by atoms with Gasteiger partial charge < -0.3 is 0 Å². The van der Waals surface area contributed by atoms with Gasteiger partial charge in [0.1, 0.15) is 0 Å². The lowest BCUT2D eigenvalue weighted by Crippen LogP contribution is -2.40. The van der Waals surface area contributed by atoms with E-state index in [0.29, 0.717) is 5.78 Å². The van der Waals surface area contributed by atoms with Crippen molar-refractivity contribution in [2.75, 3.05) is 0 Å². The van der Waals surface area contributed by atoms with Gasteiger partial charge in [0.2, 0.25) is 0 Å². The van der Waals surface area contributed by atoms with Crippen molar-refractivity contribution in [3.63, 3.8) is 0 Å². The maximum Gasteiger partial charge on any atom is 0.161 e. The van der Waals surface area contributed by atoms with Gasteiger partial charge in [0.05, 0.1) is 10.2 Å². The Balaban J connectivity index is 2.22. The third kappa shape index (κ3) is 2.57. The molecule has 0 aromatic heterocycles. The van der Waals surface area contributed by atoms with Crippen molar-refractivity contribution in [1.29, 1.82) is 0 Å². The largest absolute Gasteiger partial charge is 0.297 e. The average Bonchev–Trinajstić information content (AvgIpc) is 2.70. The molecule has 1 fully saturated rings. The van der Waals surface area contributed by atoms with Gasteiger partial charge in [-0.25, -0.2) is 0 Å². The lowest BCUT2D eigenvalue weighted by Gasteiger charge is -2.33. The Morgan fingerprint density at radius 1 is 0.857 bits per heavy atom. The standard InChI is InChI=1S/C19H19BrO/c20-17-13-7-8-14-19(18(17)21,15-9-3-1-4-10-15)16-11-5-2-6-12-16/h1-6,9-12,17H,7-8,13-14H2/t17-/m0/s1. The van der Waals surface area contributed by atoms with Crippen LogP contribution in [0, 0.1) is 0 Å². The summed E-state index contributed by atoms with van der Waals surface area (Å²) in [7, 11) is 0. The van der Waals surface area contributed by atoms with E-state index < -0.39 is 5.41 Å². The van der Waals surface area contributed by atoms with E-state index >= 15 is 0 Å². The van der Waals surface area contributed by atoms with Gasteiger partial charge in [-0.1, -0.05) is 89.4 Å². The minimum Gasteiger partial charge on any atom is -0.297 e. The second kappa shape index (κ2) is 6.15. The molecule has 2 aromatic carbocycles. The number of alkyl halides is 1. The molecule has 1 aliphatic rings. The Morgan fingerprint density at radius 2 is 1.38 bits per heavy atom. The van der Waals surface area contributed by atoms with Crippen molar-refractivity contribution < 1.29 is 4.79 Å². The van der Waals surface area contributed by atoms with Gasteiger partial charge in [-0.15, -0.1) is 0 Å². The molecule has 1 aliphatic carbocycles. The van der Waals surface area contributed by atoms with Gasteiger partial charge in [0.15, 0.2) is 5.78 Å². The van der Waals surface area contributed by atoms with Gasteiger partial charge in [0, 0.05) is 0 Å². The first-order valence-electron chi connectivity index (χ1n) is 7.54. The zero-order valence-electron chi connectivity index (χ0n) is 12.0. The Morgan fingerprint density at radius 3 is 1.90 bits per heavy atom. The van der Waals surface area contributed by atoms with Crippen LogP contribution in [0.25, 0.3) is 0 Å². The molecular formula is C19H19BrO. The first-order chi connectivity index (χ1) is 10.2. The fourth-order valence-corrected chi connectivity index (χ4v) is 4.14. The molecular weight excluding hydrogens is 324 g/mol. The number of Topliss-reactive ketones (excluding diaryl/α,β-unsaturated/α-hetero) is 1. The first kappa shape index (κ1) is 14.5. The third-order valence-corrected chi connectivity index (χ3v) is 5.37. The van der Waals surface area contributed by atoms with Crippen molar-refractivity contribution in [3.05, 3.63) is 71.8 Å². The van der Waals surface area contributed by atoms with Gasteiger partial charge in [-0.05, 0) is 24.0 Å². The summed E-state index contributed by atoms with van der Waals surface area (Å²) in [5, 5.41) is 0. The lowest BCUT2D eigenvalue weighted by molar-refractivity contribution is -0.122. The SMILES string of the molecule is O=C1[C@@H](Br)CCCCC1(c1ccccc1)c1ccccc1. The van der Waals surface area contributed by atoms with E-state index in [0.717, 1.165) is 36.8 Å². The monoisotopic (exact) mass is 342 g/mol. The topological polar surface area (TPSA) is 17.1 Å². The van der Waals surface area contributed by atoms with E-state index in [1.54, 1.807) is 0 Å². The zero-order chi connectivity index (χ0) is 14.7. The van der Waals surface area contributed by atoms with Gasteiger partial charge in [-0.3, -0.25) is 4.79 Å². The van der Waals surface area contributed by atoms with Crippen molar-refractivity contribution in [2.24, 2.45) is 0 Å². The molecule has 3 rings (SSSR count). The quantitative estimate of drug-likeness (QED) is 0.561. The maximum atomic E-state index is 13.2. The zero-order valence-corrected chi connectivity index (χ0v) is 13.6. The van der Waals surface area contributed by atoms with Crippen LogP contribution in [0.3, 0.4) is 0 Å². The lowest BCUT2D eigenvalue weighted by atomic mass is 9.68. The predicted molar refractivity (Wildman–Crippen MR) is 89.9 cm³/mol. The van der Waals surface area contributed by atoms with Crippen LogP contribution < -0.4 is 0 Å². The Hall–Kier alpha value is -1.41. The number of carbonyl (C=O) groups excluding carboxylic acids is 1. The van der Waals surface area contributed by atoms with Crippen LogP contribution in [-0.4, -0.2) is 10.6 Å². The molecule has 0 bridgehead atoms. The molecule has 0 spiro atoms. The summed E-state index contributed by atoms with van der Waals surface area (Å²) in [6.07, 6.45) is 4.00. The van der Waals surface area contributed by atoms with Crippen LogP contribution in [0.1, 0.15) is 36.8 Å². The highest BCUT2D eigenvalue weighted by Crippen LogP contribution is 2.43. The van der Waals surface area contributed by atoms with Crippen LogP contribution in [0.5, 0.6) is 0 Å². The molecule has 1 nitrogen and oxygen atoms in total. The van der Waals surface area contributed by atoms with Crippen molar-refractivity contribution in [2.45, 2.75) is 35.9 Å². The Kier molecular flexibility index (Phi) is 4.25. The first-order valence-corrected chi connectivity index (χ1v) is 8.46. The molecule has 0 amide bonds. The van der Waals surface area contributed by atoms with Crippen molar-refractivity contribution in [1.82, 2.24) is 0 Å². The van der Waals surface area contributed by atoms with Gasteiger partial charge in [-0.2, -0.15) is 0 Å². The van der Waals surface area contributed by atoms with Crippen LogP contribution in [0.4, 0.5) is 0 Å². The van der Waals surface area contributed by atoms with E-state index in [4.69, 9.17) is 0 Å². The number of hydrogen-bond acceptors (Lipinski definition) is 1. The molecule has 1 saturated carbocycles. The highest BCUT2D eigenvalue weighted by atomic mass is 79.9. The van der Waals surface area contributed by atoms with Gasteiger partial charge in [0.25, 0.3) is 0 Å². The number of ketones is 1. The molecule has 108 valence electrons. The fourth-order valence-electron chi connectivity index (χ4n) is 3.42. The minimum absolute atomic E-state index is 0.0552. The summed E-state index contributed by atoms with van der Waals surface area (Å²) >= 11 is 3.62. The molecule has 0 N–H and O–H groups in total. The van der Waals surface area contributed by atoms with Crippen LogP contribution in [0.2, 0.25) is 0 Å². The number of rotatable bonds is 2. The van der Waals surface area contributed by atoms with Crippen molar-refractivity contribution in [3.8, 4) is 0 Å². The predicted octanol–water partition coefficient (Wildman–Crippen LogP) is 4.88. The summed E-state index contributed by atoms with van der Waals surface area (Å²) in [5.74, 6) is 0.303. The molecule has 0 unspecified atom stereocenters. The van der Waals surface area contributed by atoms with Crippen LogP contribution in [0.15, 0.2) is 60.7 Å². The van der Waals surface area contributed by atoms with E-state index in [-0.39, 0.29) is 4.83 Å². The highest BCUT2D eigenvalue weighted by Gasteiger charge is 2.44. The molecule has 0 saturated heterocycles. The second-order valence-corrected chi connectivity index (χ2v) is 6.82. The molecule has 0 aliphatic heterocycles. The van der Waals surface area contributed by atoms with E-state index in [1.165, 1.54) is 0 Å². The summed E-state index contributed by atoms with van der Waals surface area (Å²) in [5.41, 5.74) is 1.73. The van der Waals surface area contributed by atoms with Gasteiger partial charge >= 0.3 is 0 Å². The Bertz CT molecular complexity index is 566. The van der Waals surface area contributed by atoms with E-state index in [1.807, 2.05) is 36.4 Å². The minimum atomic E-state index is -0.507. The number of benzene rings is 2. The molecule has 2 heteroatoms. The third-order valence-electron chi connectivity index (χ3n) is 4.50. The summed E-state index contributed by atoms with van der Waals surface area (Å²) in [4.78, 5) is 13.2. The average molecular weight is 343 g/mol. The fraction of sp³-hybridized carbons (Fsp3) is 0.316. The molecule has 0 heterocycles. The van der Waals surface area contributed by atoms with Crippen molar-refractivity contribution >= 4 is 21.7 Å². The van der Waals surface area contributed by atoms with E-state index in [2.05, 4.69) is 40.2 Å².